The first kappa shape index (κ1) is 14.6. The Morgan fingerprint density at radius 1 is 0.800 bits per heavy atom. The standard InChI is InChI=1S/C20H24/c1-14(2)19-9-6-18(7-10-19)8-11-20-16(4)12-15(3)13-17(20)5/h6-14H,1-5H3/b11-8+. The molecule has 0 radical (unpaired) electrons. The van der Waals surface area contributed by atoms with E-state index >= 15 is 0 Å². The van der Waals surface area contributed by atoms with E-state index in [1.807, 2.05) is 0 Å². The summed E-state index contributed by atoms with van der Waals surface area (Å²) in [5.41, 5.74) is 8.01. The first-order valence-corrected chi connectivity index (χ1v) is 7.33. The van der Waals surface area contributed by atoms with E-state index in [0.717, 1.165) is 0 Å². The molecule has 0 spiro atoms. The van der Waals surface area contributed by atoms with Crippen LogP contribution >= 0.6 is 0 Å². The van der Waals surface area contributed by atoms with Gasteiger partial charge in [-0.1, -0.05) is 68.0 Å². The molecule has 0 aliphatic heterocycles. The summed E-state index contributed by atoms with van der Waals surface area (Å²) in [5.74, 6) is 0.592. The van der Waals surface area contributed by atoms with Gasteiger partial charge in [0.2, 0.25) is 0 Å². The zero-order chi connectivity index (χ0) is 14.7. The molecule has 0 heterocycles. The lowest BCUT2D eigenvalue weighted by Gasteiger charge is -2.07. The van der Waals surface area contributed by atoms with Crippen molar-refractivity contribution in [2.45, 2.75) is 40.5 Å². The highest BCUT2D eigenvalue weighted by Gasteiger charge is 2.01. The lowest BCUT2D eigenvalue weighted by Crippen LogP contribution is -1.88. The highest BCUT2D eigenvalue weighted by atomic mass is 14.1. The van der Waals surface area contributed by atoms with Crippen molar-refractivity contribution in [2.75, 3.05) is 0 Å². The molecule has 0 nitrogen and oxygen atoms in total. The van der Waals surface area contributed by atoms with Crippen molar-refractivity contribution in [3.8, 4) is 0 Å². The topological polar surface area (TPSA) is 0 Å². The summed E-state index contributed by atoms with van der Waals surface area (Å²) in [6.45, 7) is 11.0. The normalized spacial score (nSPS) is 11.5. The van der Waals surface area contributed by atoms with Crippen LogP contribution in [0.4, 0.5) is 0 Å². The molecule has 2 aromatic carbocycles. The monoisotopic (exact) mass is 264 g/mol. The van der Waals surface area contributed by atoms with Gasteiger partial charge in [0.1, 0.15) is 0 Å². The Balaban J connectivity index is 2.25. The molecule has 0 atom stereocenters. The van der Waals surface area contributed by atoms with Crippen molar-refractivity contribution in [2.24, 2.45) is 0 Å². The fourth-order valence-electron chi connectivity index (χ4n) is 2.63. The second kappa shape index (κ2) is 6.09. The van der Waals surface area contributed by atoms with Crippen molar-refractivity contribution < 1.29 is 0 Å². The van der Waals surface area contributed by atoms with E-state index in [0.29, 0.717) is 5.92 Å². The summed E-state index contributed by atoms with van der Waals surface area (Å²) in [7, 11) is 0. The van der Waals surface area contributed by atoms with Crippen LogP contribution in [0.3, 0.4) is 0 Å². The first-order chi connectivity index (χ1) is 9.47. The quantitative estimate of drug-likeness (QED) is 0.605. The maximum atomic E-state index is 2.24. The minimum atomic E-state index is 0.592. The third kappa shape index (κ3) is 3.39. The van der Waals surface area contributed by atoms with E-state index in [2.05, 4.69) is 83.2 Å². The molecule has 2 aromatic rings. The van der Waals surface area contributed by atoms with Gasteiger partial charge in [0, 0.05) is 0 Å². The van der Waals surface area contributed by atoms with Crippen LogP contribution in [0.1, 0.15) is 53.1 Å². The van der Waals surface area contributed by atoms with Crippen LogP contribution in [0.25, 0.3) is 12.2 Å². The summed E-state index contributed by atoms with van der Waals surface area (Å²) >= 11 is 0. The van der Waals surface area contributed by atoms with E-state index in [1.54, 1.807) is 0 Å². The largest absolute Gasteiger partial charge is 0.0587 e. The van der Waals surface area contributed by atoms with E-state index in [1.165, 1.54) is 33.4 Å². The van der Waals surface area contributed by atoms with E-state index < -0.39 is 0 Å². The third-order valence-corrected chi connectivity index (χ3v) is 3.78. The summed E-state index contributed by atoms with van der Waals surface area (Å²) < 4.78 is 0. The Kier molecular flexibility index (Phi) is 4.44. The fourth-order valence-corrected chi connectivity index (χ4v) is 2.63. The van der Waals surface area contributed by atoms with Gasteiger partial charge >= 0.3 is 0 Å². The molecule has 2 rings (SSSR count). The Labute approximate surface area is 123 Å². The molecule has 0 aliphatic rings. The van der Waals surface area contributed by atoms with Gasteiger partial charge in [0.15, 0.2) is 0 Å². The molecule has 0 unspecified atom stereocenters. The van der Waals surface area contributed by atoms with Gasteiger partial charge in [-0.25, -0.2) is 0 Å². The summed E-state index contributed by atoms with van der Waals surface area (Å²) in [6.07, 6.45) is 4.43. The smallest absolute Gasteiger partial charge is 0.0198 e. The summed E-state index contributed by atoms with van der Waals surface area (Å²) in [4.78, 5) is 0. The maximum Gasteiger partial charge on any atom is -0.0198 e. The Bertz CT molecular complexity index is 590. The van der Waals surface area contributed by atoms with Gasteiger partial charge < -0.3 is 0 Å². The molecule has 0 heteroatoms. The summed E-state index contributed by atoms with van der Waals surface area (Å²) in [6, 6.07) is 13.3. The Morgan fingerprint density at radius 3 is 1.85 bits per heavy atom. The molecular weight excluding hydrogens is 240 g/mol. The van der Waals surface area contributed by atoms with Crippen LogP contribution in [0.2, 0.25) is 0 Å². The molecule has 20 heavy (non-hydrogen) atoms. The molecule has 0 saturated heterocycles. The highest BCUT2D eigenvalue weighted by Crippen LogP contribution is 2.20. The zero-order valence-corrected chi connectivity index (χ0v) is 13.2. The van der Waals surface area contributed by atoms with Gasteiger partial charge in [-0.3, -0.25) is 0 Å². The maximum absolute atomic E-state index is 2.24. The van der Waals surface area contributed by atoms with E-state index in [9.17, 15) is 0 Å². The number of benzene rings is 2. The Morgan fingerprint density at radius 2 is 1.35 bits per heavy atom. The predicted octanol–water partition coefficient (Wildman–Crippen LogP) is 5.91. The van der Waals surface area contributed by atoms with Crippen LogP contribution in [-0.4, -0.2) is 0 Å². The molecule has 0 saturated carbocycles. The second-order valence-corrected chi connectivity index (χ2v) is 5.97. The van der Waals surface area contributed by atoms with Gasteiger partial charge in [-0.05, 0) is 54.5 Å². The van der Waals surface area contributed by atoms with Gasteiger partial charge in [0.05, 0.1) is 0 Å². The second-order valence-electron chi connectivity index (χ2n) is 5.97. The number of hydrogen-bond acceptors (Lipinski definition) is 0. The van der Waals surface area contributed by atoms with E-state index in [-0.39, 0.29) is 0 Å². The molecule has 0 N–H and O–H groups in total. The number of aryl methyl sites for hydroxylation is 3. The zero-order valence-electron chi connectivity index (χ0n) is 13.2. The van der Waals surface area contributed by atoms with Crippen molar-refractivity contribution in [3.05, 3.63) is 69.8 Å². The van der Waals surface area contributed by atoms with E-state index in [4.69, 9.17) is 0 Å². The van der Waals surface area contributed by atoms with Gasteiger partial charge in [0.25, 0.3) is 0 Å². The SMILES string of the molecule is Cc1cc(C)c(/C=C/c2ccc(C(C)C)cc2)c(C)c1. The number of rotatable bonds is 3. The van der Waals surface area contributed by atoms with Crippen LogP contribution < -0.4 is 0 Å². The molecule has 0 amide bonds. The third-order valence-electron chi connectivity index (χ3n) is 3.78. The fraction of sp³-hybridized carbons (Fsp3) is 0.300. The van der Waals surface area contributed by atoms with Crippen LogP contribution in [0.15, 0.2) is 36.4 Å². The minimum Gasteiger partial charge on any atom is -0.0587 e. The molecule has 0 aromatic heterocycles. The molecule has 0 aliphatic carbocycles. The molecule has 0 fully saturated rings. The molecule has 104 valence electrons. The minimum absolute atomic E-state index is 0.592. The summed E-state index contributed by atoms with van der Waals surface area (Å²) in [5, 5.41) is 0. The average molecular weight is 264 g/mol. The molecule has 0 bridgehead atoms. The van der Waals surface area contributed by atoms with Crippen molar-refractivity contribution >= 4 is 12.2 Å². The van der Waals surface area contributed by atoms with Crippen LogP contribution in [-0.2, 0) is 0 Å². The highest BCUT2D eigenvalue weighted by molar-refractivity contribution is 5.73. The number of hydrogen-bond donors (Lipinski definition) is 0. The van der Waals surface area contributed by atoms with Gasteiger partial charge in [-0.15, -0.1) is 0 Å². The lowest BCUT2D eigenvalue weighted by atomic mass is 9.98. The predicted molar refractivity (Wildman–Crippen MR) is 90.1 cm³/mol. The molecular formula is C20H24. The van der Waals surface area contributed by atoms with Gasteiger partial charge in [-0.2, -0.15) is 0 Å². The average Bonchev–Trinajstić information content (AvgIpc) is 2.38. The van der Waals surface area contributed by atoms with Crippen molar-refractivity contribution in [1.29, 1.82) is 0 Å². The first-order valence-electron chi connectivity index (χ1n) is 7.33. The van der Waals surface area contributed by atoms with Crippen LogP contribution in [0, 0.1) is 20.8 Å². The Hall–Kier alpha value is -1.82. The van der Waals surface area contributed by atoms with Crippen molar-refractivity contribution in [1.82, 2.24) is 0 Å². The van der Waals surface area contributed by atoms with Crippen LogP contribution in [0.5, 0.6) is 0 Å². The van der Waals surface area contributed by atoms with Crippen molar-refractivity contribution in [3.63, 3.8) is 0 Å². The lowest BCUT2D eigenvalue weighted by molar-refractivity contribution is 0.866.